The van der Waals surface area contributed by atoms with Gasteiger partial charge in [-0.25, -0.2) is 0 Å². The summed E-state index contributed by atoms with van der Waals surface area (Å²) in [5, 5.41) is 15.6. The number of aromatic hydroxyl groups is 1. The average Bonchev–Trinajstić information content (AvgIpc) is 2.33. The van der Waals surface area contributed by atoms with Crippen LogP contribution in [0.25, 0.3) is 0 Å². The van der Waals surface area contributed by atoms with Crippen LogP contribution in [0.1, 0.15) is 26.2 Å². The molecule has 1 atom stereocenters. The highest BCUT2D eigenvalue weighted by Gasteiger charge is 2.34. The summed E-state index contributed by atoms with van der Waals surface area (Å²) in [6.45, 7) is 2.77. The molecule has 1 unspecified atom stereocenters. The van der Waals surface area contributed by atoms with Crippen molar-refractivity contribution < 1.29 is 9.90 Å². The van der Waals surface area contributed by atoms with Crippen LogP contribution in [-0.4, -0.2) is 23.1 Å². The minimum absolute atomic E-state index is 0. The molecule has 0 aliphatic carbocycles. The molecule has 0 radical (unpaired) electrons. The van der Waals surface area contributed by atoms with Gasteiger partial charge in [-0.2, -0.15) is 0 Å². The van der Waals surface area contributed by atoms with Crippen LogP contribution in [0.4, 0.5) is 5.69 Å². The number of carbonyl (C=O) groups excluding carboxylic acids is 1. The SMILES string of the molecule is CC1(C(=O)Nc2ccccc2O)CCCCN1.Cl. The van der Waals surface area contributed by atoms with E-state index in [9.17, 15) is 9.90 Å². The van der Waals surface area contributed by atoms with E-state index in [1.807, 2.05) is 6.92 Å². The predicted molar refractivity (Wildman–Crippen MR) is 74.2 cm³/mol. The number of carbonyl (C=O) groups is 1. The molecule has 1 fully saturated rings. The summed E-state index contributed by atoms with van der Waals surface area (Å²) >= 11 is 0. The van der Waals surface area contributed by atoms with Crippen LogP contribution in [0, 0.1) is 0 Å². The zero-order valence-electron chi connectivity index (χ0n) is 10.4. The van der Waals surface area contributed by atoms with Crippen molar-refractivity contribution in [3.63, 3.8) is 0 Å². The van der Waals surface area contributed by atoms with Gasteiger partial charge in [0.1, 0.15) is 5.75 Å². The van der Waals surface area contributed by atoms with E-state index in [2.05, 4.69) is 10.6 Å². The standard InChI is InChI=1S/C13H18N2O2.ClH/c1-13(8-4-5-9-14-13)12(17)15-10-6-2-3-7-11(10)16;/h2-3,6-7,14,16H,4-5,8-9H2,1H3,(H,15,17);1H. The Morgan fingerprint density at radius 2 is 2.11 bits per heavy atom. The molecule has 3 N–H and O–H groups in total. The largest absolute Gasteiger partial charge is 0.506 e. The van der Waals surface area contributed by atoms with Crippen molar-refractivity contribution in [3.8, 4) is 5.75 Å². The van der Waals surface area contributed by atoms with E-state index in [0.717, 1.165) is 25.8 Å². The van der Waals surface area contributed by atoms with E-state index in [1.54, 1.807) is 24.3 Å². The van der Waals surface area contributed by atoms with Gasteiger partial charge in [0.15, 0.2) is 0 Å². The van der Waals surface area contributed by atoms with Crippen LogP contribution in [0.5, 0.6) is 5.75 Å². The highest BCUT2D eigenvalue weighted by Crippen LogP contribution is 2.25. The first-order chi connectivity index (χ1) is 8.12. The fourth-order valence-electron chi connectivity index (χ4n) is 2.09. The molecular weight excluding hydrogens is 252 g/mol. The first kappa shape index (κ1) is 14.8. The molecule has 1 saturated heterocycles. The van der Waals surface area contributed by atoms with Crippen molar-refractivity contribution in [2.75, 3.05) is 11.9 Å². The Labute approximate surface area is 113 Å². The second-order valence-electron chi connectivity index (χ2n) is 4.69. The molecule has 1 aromatic rings. The summed E-state index contributed by atoms with van der Waals surface area (Å²) in [6.07, 6.45) is 2.99. The molecular formula is C13H19ClN2O2. The van der Waals surface area contributed by atoms with Gasteiger partial charge in [0, 0.05) is 0 Å². The molecule has 2 rings (SSSR count). The van der Waals surface area contributed by atoms with Crippen LogP contribution in [0.15, 0.2) is 24.3 Å². The number of rotatable bonds is 2. The van der Waals surface area contributed by atoms with Crippen molar-refractivity contribution >= 4 is 24.0 Å². The molecule has 18 heavy (non-hydrogen) atoms. The summed E-state index contributed by atoms with van der Waals surface area (Å²) in [5.74, 6) is 0.0129. The van der Waals surface area contributed by atoms with Crippen LogP contribution < -0.4 is 10.6 Å². The predicted octanol–water partition coefficient (Wildman–Crippen LogP) is 2.28. The second kappa shape index (κ2) is 6.07. The maximum absolute atomic E-state index is 12.2. The first-order valence-electron chi connectivity index (χ1n) is 5.96. The minimum Gasteiger partial charge on any atom is -0.506 e. The van der Waals surface area contributed by atoms with E-state index in [0.29, 0.717) is 5.69 Å². The normalized spacial score (nSPS) is 22.9. The number of amides is 1. The van der Waals surface area contributed by atoms with Crippen molar-refractivity contribution in [3.05, 3.63) is 24.3 Å². The average molecular weight is 271 g/mol. The lowest BCUT2D eigenvalue weighted by Crippen LogP contribution is -2.54. The van der Waals surface area contributed by atoms with Crippen LogP contribution >= 0.6 is 12.4 Å². The number of halogens is 1. The summed E-state index contributed by atoms with van der Waals surface area (Å²) < 4.78 is 0. The molecule has 5 heteroatoms. The number of anilines is 1. The zero-order chi connectivity index (χ0) is 12.3. The molecule has 1 aromatic carbocycles. The fraction of sp³-hybridized carbons (Fsp3) is 0.462. The maximum atomic E-state index is 12.2. The van der Waals surface area contributed by atoms with Gasteiger partial charge in [0.25, 0.3) is 0 Å². The lowest BCUT2D eigenvalue weighted by atomic mass is 9.90. The Morgan fingerprint density at radius 1 is 1.39 bits per heavy atom. The van der Waals surface area contributed by atoms with Gasteiger partial charge in [0.05, 0.1) is 11.2 Å². The summed E-state index contributed by atoms with van der Waals surface area (Å²) in [5.41, 5.74) is -0.0633. The molecule has 0 spiro atoms. The van der Waals surface area contributed by atoms with Crippen molar-refractivity contribution in [1.29, 1.82) is 0 Å². The smallest absolute Gasteiger partial charge is 0.244 e. The monoisotopic (exact) mass is 270 g/mol. The van der Waals surface area contributed by atoms with Gasteiger partial charge in [-0.3, -0.25) is 4.79 Å². The maximum Gasteiger partial charge on any atom is 0.244 e. The molecule has 0 saturated carbocycles. The number of nitrogens with one attached hydrogen (secondary N) is 2. The number of phenolic OH excluding ortho intramolecular Hbond substituents is 1. The fourth-order valence-corrected chi connectivity index (χ4v) is 2.09. The van der Waals surface area contributed by atoms with Gasteiger partial charge >= 0.3 is 0 Å². The molecule has 1 aliphatic heterocycles. The van der Waals surface area contributed by atoms with E-state index in [4.69, 9.17) is 0 Å². The van der Waals surface area contributed by atoms with Crippen LogP contribution in [0.3, 0.4) is 0 Å². The lowest BCUT2D eigenvalue weighted by Gasteiger charge is -2.33. The quantitative estimate of drug-likeness (QED) is 0.723. The Hall–Kier alpha value is -1.26. The number of para-hydroxylation sites is 2. The molecule has 0 aromatic heterocycles. The number of phenols is 1. The lowest BCUT2D eigenvalue weighted by molar-refractivity contribution is -0.122. The third-order valence-electron chi connectivity index (χ3n) is 3.27. The molecule has 0 bridgehead atoms. The topological polar surface area (TPSA) is 61.4 Å². The number of hydrogen-bond acceptors (Lipinski definition) is 3. The number of benzene rings is 1. The van der Waals surface area contributed by atoms with Crippen molar-refractivity contribution in [2.45, 2.75) is 31.7 Å². The third kappa shape index (κ3) is 3.15. The zero-order valence-corrected chi connectivity index (χ0v) is 11.2. The van der Waals surface area contributed by atoms with E-state index < -0.39 is 5.54 Å². The van der Waals surface area contributed by atoms with E-state index >= 15 is 0 Å². The summed E-state index contributed by atoms with van der Waals surface area (Å²) in [7, 11) is 0. The van der Waals surface area contributed by atoms with E-state index in [-0.39, 0.29) is 24.1 Å². The molecule has 4 nitrogen and oxygen atoms in total. The molecule has 1 amide bonds. The summed E-state index contributed by atoms with van der Waals surface area (Å²) in [4.78, 5) is 12.2. The van der Waals surface area contributed by atoms with Crippen molar-refractivity contribution in [2.24, 2.45) is 0 Å². The highest BCUT2D eigenvalue weighted by atomic mass is 35.5. The van der Waals surface area contributed by atoms with Gasteiger partial charge in [0.2, 0.25) is 5.91 Å². The van der Waals surface area contributed by atoms with Gasteiger partial charge in [-0.1, -0.05) is 12.1 Å². The Bertz CT molecular complexity index is 417. The van der Waals surface area contributed by atoms with Crippen LogP contribution in [-0.2, 0) is 4.79 Å². The van der Waals surface area contributed by atoms with E-state index in [1.165, 1.54) is 0 Å². The van der Waals surface area contributed by atoms with Crippen LogP contribution in [0.2, 0.25) is 0 Å². The highest BCUT2D eigenvalue weighted by molar-refractivity contribution is 5.98. The minimum atomic E-state index is -0.527. The molecule has 1 heterocycles. The number of hydrogen-bond donors (Lipinski definition) is 3. The first-order valence-corrected chi connectivity index (χ1v) is 5.96. The number of piperidine rings is 1. The third-order valence-corrected chi connectivity index (χ3v) is 3.27. The Kier molecular flexibility index (Phi) is 4.99. The van der Waals surface area contributed by atoms with Gasteiger partial charge < -0.3 is 15.7 Å². The molecule has 100 valence electrons. The molecule has 1 aliphatic rings. The summed E-state index contributed by atoms with van der Waals surface area (Å²) in [6, 6.07) is 6.77. The van der Waals surface area contributed by atoms with Crippen molar-refractivity contribution in [1.82, 2.24) is 5.32 Å². The Morgan fingerprint density at radius 3 is 2.72 bits per heavy atom. The second-order valence-corrected chi connectivity index (χ2v) is 4.69. The Balaban J connectivity index is 0.00000162. The van der Waals surface area contributed by atoms with Gasteiger partial charge in [-0.15, -0.1) is 12.4 Å². The van der Waals surface area contributed by atoms with Gasteiger partial charge in [-0.05, 0) is 44.9 Å².